The predicted molar refractivity (Wildman–Crippen MR) is 79.6 cm³/mol. The van der Waals surface area contributed by atoms with Crippen LogP contribution >= 0.6 is 11.6 Å². The Kier molecular flexibility index (Phi) is 5.23. The molecular weight excluding hydrogens is 278 g/mol. The zero-order valence-corrected chi connectivity index (χ0v) is 12.4. The predicted octanol–water partition coefficient (Wildman–Crippen LogP) is 1.21. The summed E-state index contributed by atoms with van der Waals surface area (Å²) in [5.74, 6) is 0.112. The van der Waals surface area contributed by atoms with Crippen molar-refractivity contribution in [3.05, 3.63) is 28.8 Å². The Morgan fingerprint density at radius 3 is 2.80 bits per heavy atom. The fraction of sp³-hybridized carbons (Fsp3) is 0.500. The van der Waals surface area contributed by atoms with E-state index in [0.29, 0.717) is 50.1 Å². The van der Waals surface area contributed by atoms with Crippen molar-refractivity contribution in [2.24, 2.45) is 0 Å². The normalized spacial score (nSPS) is 15.7. The maximum atomic E-state index is 12.1. The molecule has 1 aromatic rings. The summed E-state index contributed by atoms with van der Waals surface area (Å²) in [5, 5.41) is 0.635. The van der Waals surface area contributed by atoms with E-state index >= 15 is 0 Å². The van der Waals surface area contributed by atoms with E-state index in [1.54, 1.807) is 0 Å². The Balaban J connectivity index is 1.91. The lowest BCUT2D eigenvalue weighted by molar-refractivity contribution is -0.136. The van der Waals surface area contributed by atoms with Crippen LogP contribution in [0.1, 0.15) is 5.56 Å². The number of carbonyl (C=O) groups excluding carboxylic acids is 1. The average molecular weight is 298 g/mol. The topological polar surface area (TPSA) is 58.8 Å². The average Bonchev–Trinajstić information content (AvgIpc) is 2.44. The Bertz CT molecular complexity index is 455. The number of likely N-dealkylation sites (N-methyl/N-ethyl adjacent to an activating group) is 1. The van der Waals surface area contributed by atoms with Crippen molar-refractivity contribution >= 4 is 23.2 Å². The van der Waals surface area contributed by atoms with E-state index < -0.39 is 0 Å². The van der Waals surface area contributed by atoms with Crippen molar-refractivity contribution in [2.75, 3.05) is 45.6 Å². The van der Waals surface area contributed by atoms with Crippen molar-refractivity contribution in [2.45, 2.75) is 6.54 Å². The zero-order valence-electron chi connectivity index (χ0n) is 11.6. The molecule has 1 saturated heterocycles. The number of carbonyl (C=O) groups is 1. The number of nitrogen functional groups attached to an aromatic ring is 1. The molecule has 1 aliphatic heterocycles. The lowest BCUT2D eigenvalue weighted by Crippen LogP contribution is -2.44. The van der Waals surface area contributed by atoms with Gasteiger partial charge in [-0.25, -0.2) is 0 Å². The third kappa shape index (κ3) is 3.85. The molecule has 1 aromatic carbocycles. The summed E-state index contributed by atoms with van der Waals surface area (Å²) in [6.45, 7) is 3.48. The highest BCUT2D eigenvalue weighted by Crippen LogP contribution is 2.23. The van der Waals surface area contributed by atoms with Crippen molar-refractivity contribution in [3.8, 4) is 0 Å². The molecular formula is C14H20ClN3O2. The van der Waals surface area contributed by atoms with Crippen LogP contribution in [-0.4, -0.2) is 55.6 Å². The molecule has 0 spiro atoms. The molecule has 5 nitrogen and oxygen atoms in total. The van der Waals surface area contributed by atoms with Crippen LogP contribution in [0.15, 0.2) is 18.2 Å². The van der Waals surface area contributed by atoms with Crippen LogP contribution in [0.25, 0.3) is 0 Å². The van der Waals surface area contributed by atoms with Crippen LogP contribution in [0, 0.1) is 0 Å². The van der Waals surface area contributed by atoms with Crippen LogP contribution in [0.2, 0.25) is 5.02 Å². The third-order valence-corrected chi connectivity index (χ3v) is 3.71. The molecule has 1 fully saturated rings. The first-order valence-corrected chi connectivity index (χ1v) is 7.02. The van der Waals surface area contributed by atoms with E-state index in [4.69, 9.17) is 22.1 Å². The molecule has 1 heterocycles. The SMILES string of the molecule is CN(CC(=O)N1CCOCC1)Cc1c(N)cccc1Cl. The molecule has 2 rings (SSSR count). The number of rotatable bonds is 4. The molecule has 20 heavy (non-hydrogen) atoms. The second-order valence-corrected chi connectivity index (χ2v) is 5.38. The zero-order chi connectivity index (χ0) is 14.5. The quantitative estimate of drug-likeness (QED) is 0.849. The van der Waals surface area contributed by atoms with Gasteiger partial charge in [0.2, 0.25) is 5.91 Å². The molecule has 0 aliphatic carbocycles. The molecule has 0 radical (unpaired) electrons. The van der Waals surface area contributed by atoms with E-state index in [1.165, 1.54) is 0 Å². The summed E-state index contributed by atoms with van der Waals surface area (Å²) < 4.78 is 5.24. The fourth-order valence-corrected chi connectivity index (χ4v) is 2.45. The highest BCUT2D eigenvalue weighted by atomic mass is 35.5. The van der Waals surface area contributed by atoms with Crippen molar-refractivity contribution in [3.63, 3.8) is 0 Å². The number of nitrogens with two attached hydrogens (primary N) is 1. The van der Waals surface area contributed by atoms with Gasteiger partial charge in [-0.3, -0.25) is 9.69 Å². The number of hydrogen-bond donors (Lipinski definition) is 1. The van der Waals surface area contributed by atoms with Gasteiger partial charge in [0.25, 0.3) is 0 Å². The first-order chi connectivity index (χ1) is 9.58. The van der Waals surface area contributed by atoms with Crippen molar-refractivity contribution in [1.82, 2.24) is 9.80 Å². The van der Waals surface area contributed by atoms with Gasteiger partial charge in [-0.2, -0.15) is 0 Å². The minimum absolute atomic E-state index is 0.112. The Morgan fingerprint density at radius 1 is 1.45 bits per heavy atom. The van der Waals surface area contributed by atoms with E-state index in [9.17, 15) is 4.79 Å². The minimum atomic E-state index is 0.112. The molecule has 6 heteroatoms. The smallest absolute Gasteiger partial charge is 0.236 e. The van der Waals surface area contributed by atoms with Crippen molar-refractivity contribution in [1.29, 1.82) is 0 Å². The molecule has 1 aliphatic rings. The number of benzene rings is 1. The standard InChI is InChI=1S/C14H20ClN3O2/c1-17(9-11-12(15)3-2-4-13(11)16)10-14(19)18-5-7-20-8-6-18/h2-4H,5-10,16H2,1H3. The number of hydrogen-bond acceptors (Lipinski definition) is 4. The van der Waals surface area contributed by atoms with Crippen LogP contribution in [0.4, 0.5) is 5.69 Å². The van der Waals surface area contributed by atoms with Gasteiger partial charge in [-0.15, -0.1) is 0 Å². The molecule has 2 N–H and O–H groups in total. The lowest BCUT2D eigenvalue weighted by atomic mass is 10.1. The monoisotopic (exact) mass is 297 g/mol. The number of amides is 1. The van der Waals surface area contributed by atoms with Crippen LogP contribution in [-0.2, 0) is 16.1 Å². The summed E-state index contributed by atoms with van der Waals surface area (Å²) >= 11 is 6.14. The Labute approximate surface area is 124 Å². The van der Waals surface area contributed by atoms with Gasteiger partial charge < -0.3 is 15.4 Å². The van der Waals surface area contributed by atoms with E-state index in [1.807, 2.05) is 35.0 Å². The maximum absolute atomic E-state index is 12.1. The van der Waals surface area contributed by atoms with Crippen LogP contribution in [0.3, 0.4) is 0 Å². The highest BCUT2D eigenvalue weighted by molar-refractivity contribution is 6.31. The van der Waals surface area contributed by atoms with Gasteiger partial charge in [0, 0.05) is 35.9 Å². The third-order valence-electron chi connectivity index (χ3n) is 3.35. The van der Waals surface area contributed by atoms with Crippen LogP contribution < -0.4 is 5.73 Å². The van der Waals surface area contributed by atoms with E-state index in [-0.39, 0.29) is 5.91 Å². The Hall–Kier alpha value is -1.30. The van der Waals surface area contributed by atoms with Crippen molar-refractivity contribution < 1.29 is 9.53 Å². The molecule has 0 saturated carbocycles. The number of morpholine rings is 1. The van der Waals surface area contributed by atoms with Gasteiger partial charge in [0.15, 0.2) is 0 Å². The molecule has 0 atom stereocenters. The first kappa shape index (κ1) is 15.1. The fourth-order valence-electron chi connectivity index (χ4n) is 2.21. The van der Waals surface area contributed by atoms with Gasteiger partial charge in [-0.1, -0.05) is 17.7 Å². The largest absolute Gasteiger partial charge is 0.398 e. The maximum Gasteiger partial charge on any atom is 0.236 e. The first-order valence-electron chi connectivity index (χ1n) is 6.65. The summed E-state index contributed by atoms with van der Waals surface area (Å²) in [4.78, 5) is 15.9. The van der Waals surface area contributed by atoms with Crippen LogP contribution in [0.5, 0.6) is 0 Å². The molecule has 110 valence electrons. The molecule has 1 amide bonds. The number of halogens is 1. The second kappa shape index (κ2) is 6.92. The lowest BCUT2D eigenvalue weighted by Gasteiger charge is -2.29. The summed E-state index contributed by atoms with van der Waals surface area (Å²) in [5.41, 5.74) is 7.44. The van der Waals surface area contributed by atoms with Gasteiger partial charge in [0.05, 0.1) is 19.8 Å². The number of anilines is 1. The van der Waals surface area contributed by atoms with Gasteiger partial charge >= 0.3 is 0 Å². The minimum Gasteiger partial charge on any atom is -0.398 e. The Morgan fingerprint density at radius 2 is 2.15 bits per heavy atom. The van der Waals surface area contributed by atoms with E-state index in [0.717, 1.165) is 5.56 Å². The molecule has 0 aromatic heterocycles. The summed E-state index contributed by atoms with van der Waals surface area (Å²) in [6.07, 6.45) is 0. The second-order valence-electron chi connectivity index (χ2n) is 4.97. The summed E-state index contributed by atoms with van der Waals surface area (Å²) in [7, 11) is 1.89. The van der Waals surface area contributed by atoms with E-state index in [2.05, 4.69) is 0 Å². The molecule has 0 bridgehead atoms. The number of ether oxygens (including phenoxy) is 1. The van der Waals surface area contributed by atoms with Gasteiger partial charge in [0.1, 0.15) is 0 Å². The summed E-state index contributed by atoms with van der Waals surface area (Å²) in [6, 6.07) is 5.45. The number of nitrogens with zero attached hydrogens (tertiary/aromatic N) is 2. The molecule has 0 unspecified atom stereocenters. The van der Waals surface area contributed by atoms with Gasteiger partial charge in [-0.05, 0) is 19.2 Å². The highest BCUT2D eigenvalue weighted by Gasteiger charge is 2.18.